The molecule has 1 amide bonds. The Morgan fingerprint density at radius 3 is 2.70 bits per heavy atom. The molecule has 1 aromatic heterocycles. The first-order valence-corrected chi connectivity index (χ1v) is 6.14. The number of nitrogens with zero attached hydrogens (tertiary/aromatic N) is 3. The van der Waals surface area contributed by atoms with Crippen LogP contribution in [-0.2, 0) is 11.3 Å². The lowest BCUT2D eigenvalue weighted by Crippen LogP contribution is -2.19. The quantitative estimate of drug-likeness (QED) is 0.694. The summed E-state index contributed by atoms with van der Waals surface area (Å²) in [5.41, 5.74) is 0.478. The maximum atomic E-state index is 11.7. The minimum Gasteiger partial charge on any atom is -0.358 e. The first kappa shape index (κ1) is 14.3. The second-order valence-electron chi connectivity index (χ2n) is 3.81. The van der Waals surface area contributed by atoms with Gasteiger partial charge in [0.25, 0.3) is 0 Å². The summed E-state index contributed by atoms with van der Waals surface area (Å²) in [5.74, 6) is -0.700. The predicted molar refractivity (Wildman–Crippen MR) is 74.0 cm³/mol. The molecule has 7 nitrogen and oxygen atoms in total. The second kappa shape index (κ2) is 5.89. The van der Waals surface area contributed by atoms with Gasteiger partial charge in [0.05, 0.1) is 27.4 Å². The van der Waals surface area contributed by atoms with Crippen molar-refractivity contribution in [2.75, 3.05) is 5.32 Å². The van der Waals surface area contributed by atoms with Gasteiger partial charge in [0.2, 0.25) is 5.91 Å². The van der Waals surface area contributed by atoms with E-state index in [2.05, 4.69) is 10.4 Å². The monoisotopic (exact) mass is 314 g/mol. The molecule has 104 valence electrons. The van der Waals surface area contributed by atoms with Crippen molar-refractivity contribution in [3.63, 3.8) is 0 Å². The normalized spacial score (nSPS) is 10.3. The minimum absolute atomic E-state index is 0.145. The maximum Gasteiger partial charge on any atom is 0.389 e. The molecule has 1 aromatic carbocycles. The number of nitro groups is 1. The molecule has 0 fully saturated rings. The summed E-state index contributed by atoms with van der Waals surface area (Å²) in [6.45, 7) is -0.145. The second-order valence-corrected chi connectivity index (χ2v) is 4.62. The van der Waals surface area contributed by atoms with Crippen molar-refractivity contribution < 1.29 is 9.72 Å². The summed E-state index contributed by atoms with van der Waals surface area (Å²) in [6, 6.07) is 5.87. The first-order valence-electron chi connectivity index (χ1n) is 5.38. The highest BCUT2D eigenvalue weighted by Gasteiger charge is 2.13. The minimum atomic E-state index is -0.632. The fourth-order valence-electron chi connectivity index (χ4n) is 1.46. The molecule has 9 heteroatoms. The number of amides is 1. The van der Waals surface area contributed by atoms with E-state index >= 15 is 0 Å². The molecule has 1 heterocycles. The molecular weight excluding hydrogens is 307 g/mol. The molecule has 0 atom stereocenters. The zero-order valence-corrected chi connectivity index (χ0v) is 11.4. The van der Waals surface area contributed by atoms with Gasteiger partial charge < -0.3 is 15.4 Å². The van der Waals surface area contributed by atoms with Crippen LogP contribution in [0.3, 0.4) is 0 Å². The van der Waals surface area contributed by atoms with E-state index in [0.717, 1.165) is 0 Å². The van der Waals surface area contributed by atoms with E-state index in [1.807, 2.05) is 0 Å². The van der Waals surface area contributed by atoms with Crippen molar-refractivity contribution in [1.29, 1.82) is 0 Å². The lowest BCUT2D eigenvalue weighted by Gasteiger charge is -2.05. The third kappa shape index (κ3) is 3.46. The standard InChI is InChI=1S/C11H8Cl2N4O3/c12-8-2-1-7(5-9(8)13)14-11(18)6-16-4-3-10(15-16)17(19)20/h1-5H,6H2,(H,14,18). The van der Waals surface area contributed by atoms with Gasteiger partial charge in [0, 0.05) is 5.69 Å². The number of carbonyl (C=O) groups is 1. The van der Waals surface area contributed by atoms with Crippen LogP contribution in [0.15, 0.2) is 30.5 Å². The third-order valence-corrected chi connectivity index (χ3v) is 3.06. The van der Waals surface area contributed by atoms with Crippen LogP contribution in [0.5, 0.6) is 0 Å². The summed E-state index contributed by atoms with van der Waals surface area (Å²) in [4.78, 5) is 21.6. The SMILES string of the molecule is O=C(Cn1ccc([N+](=O)[O-])n1)Nc1ccc(Cl)c(Cl)c1. The van der Waals surface area contributed by atoms with Crippen molar-refractivity contribution in [3.05, 3.63) is 50.6 Å². The largest absolute Gasteiger partial charge is 0.389 e. The average Bonchev–Trinajstić information content (AvgIpc) is 2.82. The lowest BCUT2D eigenvalue weighted by molar-refractivity contribution is -0.389. The molecule has 0 bridgehead atoms. The predicted octanol–water partition coefficient (Wildman–Crippen LogP) is 2.74. The highest BCUT2D eigenvalue weighted by atomic mass is 35.5. The molecule has 20 heavy (non-hydrogen) atoms. The third-order valence-electron chi connectivity index (χ3n) is 2.32. The van der Waals surface area contributed by atoms with Crippen LogP contribution >= 0.6 is 23.2 Å². The number of rotatable bonds is 4. The highest BCUT2D eigenvalue weighted by Crippen LogP contribution is 2.24. The Labute approximate surface area is 123 Å². The van der Waals surface area contributed by atoms with Crippen molar-refractivity contribution in [2.24, 2.45) is 0 Å². The van der Waals surface area contributed by atoms with E-state index in [1.165, 1.54) is 23.0 Å². The summed E-state index contributed by atoms with van der Waals surface area (Å²) >= 11 is 11.6. The number of halogens is 2. The zero-order chi connectivity index (χ0) is 14.7. The van der Waals surface area contributed by atoms with Crippen LogP contribution in [0.2, 0.25) is 10.0 Å². The Morgan fingerprint density at radius 2 is 2.10 bits per heavy atom. The Hall–Kier alpha value is -2.12. The van der Waals surface area contributed by atoms with E-state index in [9.17, 15) is 14.9 Å². The molecule has 0 saturated heterocycles. The molecule has 0 spiro atoms. The van der Waals surface area contributed by atoms with Gasteiger partial charge in [-0.1, -0.05) is 23.2 Å². The number of aromatic nitrogens is 2. The summed E-state index contributed by atoms with van der Waals surface area (Å²) in [5, 5.41) is 17.4. The van der Waals surface area contributed by atoms with Crippen LogP contribution in [-0.4, -0.2) is 20.6 Å². The van der Waals surface area contributed by atoms with Crippen LogP contribution in [0.1, 0.15) is 0 Å². The highest BCUT2D eigenvalue weighted by molar-refractivity contribution is 6.42. The van der Waals surface area contributed by atoms with Crippen LogP contribution in [0.25, 0.3) is 0 Å². The van der Waals surface area contributed by atoms with Gasteiger partial charge in [-0.3, -0.25) is 4.79 Å². The number of hydrogen-bond donors (Lipinski definition) is 1. The topological polar surface area (TPSA) is 90.1 Å². The molecule has 2 aromatic rings. The molecule has 0 aliphatic rings. The molecule has 1 N–H and O–H groups in total. The number of anilines is 1. The molecule has 2 rings (SSSR count). The Balaban J connectivity index is 2.01. The van der Waals surface area contributed by atoms with Gasteiger partial charge in [-0.25, -0.2) is 0 Å². The molecular formula is C11H8Cl2N4O3. The Bertz CT molecular complexity index is 671. The van der Waals surface area contributed by atoms with E-state index in [0.29, 0.717) is 15.7 Å². The summed E-state index contributed by atoms with van der Waals surface area (Å²) < 4.78 is 1.17. The molecule has 0 aliphatic carbocycles. The van der Waals surface area contributed by atoms with E-state index in [4.69, 9.17) is 23.2 Å². The lowest BCUT2D eigenvalue weighted by atomic mass is 10.3. The summed E-state index contributed by atoms with van der Waals surface area (Å²) in [6.07, 6.45) is 1.35. The number of benzene rings is 1. The molecule has 0 unspecified atom stereocenters. The van der Waals surface area contributed by atoms with Gasteiger partial charge in [-0.2, -0.15) is 4.68 Å². The molecule has 0 aliphatic heterocycles. The van der Waals surface area contributed by atoms with Crippen molar-refractivity contribution in [2.45, 2.75) is 6.54 Å². The zero-order valence-electron chi connectivity index (χ0n) is 9.92. The average molecular weight is 315 g/mol. The molecule has 0 radical (unpaired) electrons. The van der Waals surface area contributed by atoms with E-state index < -0.39 is 4.92 Å². The van der Waals surface area contributed by atoms with Crippen LogP contribution in [0, 0.1) is 10.1 Å². The van der Waals surface area contributed by atoms with Crippen LogP contribution < -0.4 is 5.32 Å². The first-order chi connectivity index (χ1) is 9.45. The van der Waals surface area contributed by atoms with Gasteiger partial charge in [0.1, 0.15) is 6.54 Å². The molecule has 0 saturated carbocycles. The van der Waals surface area contributed by atoms with E-state index in [-0.39, 0.29) is 18.3 Å². The van der Waals surface area contributed by atoms with Gasteiger partial charge in [0.15, 0.2) is 0 Å². The Kier molecular flexibility index (Phi) is 4.21. The fraction of sp³-hybridized carbons (Fsp3) is 0.0909. The van der Waals surface area contributed by atoms with Crippen LogP contribution in [0.4, 0.5) is 11.5 Å². The summed E-state index contributed by atoms with van der Waals surface area (Å²) in [7, 11) is 0. The van der Waals surface area contributed by atoms with E-state index in [1.54, 1.807) is 12.1 Å². The smallest absolute Gasteiger partial charge is 0.358 e. The van der Waals surface area contributed by atoms with Crippen molar-refractivity contribution >= 4 is 40.6 Å². The van der Waals surface area contributed by atoms with Crippen molar-refractivity contribution in [3.8, 4) is 0 Å². The number of nitrogens with one attached hydrogen (secondary N) is 1. The number of hydrogen-bond acceptors (Lipinski definition) is 4. The Morgan fingerprint density at radius 1 is 1.35 bits per heavy atom. The maximum absolute atomic E-state index is 11.7. The van der Waals surface area contributed by atoms with Gasteiger partial charge in [-0.05, 0) is 23.1 Å². The van der Waals surface area contributed by atoms with Gasteiger partial charge in [-0.15, -0.1) is 0 Å². The van der Waals surface area contributed by atoms with Crippen molar-refractivity contribution in [1.82, 2.24) is 9.78 Å². The fourth-order valence-corrected chi connectivity index (χ4v) is 1.76. The number of carbonyl (C=O) groups excluding carboxylic acids is 1. The van der Waals surface area contributed by atoms with Gasteiger partial charge >= 0.3 is 5.82 Å².